The van der Waals surface area contributed by atoms with Gasteiger partial charge in [0.2, 0.25) is 35.4 Å². The number of nitrogens with two attached hydrogens (primary N) is 2. The number of hydrogen-bond acceptors (Lipinski definition) is 10. The van der Waals surface area contributed by atoms with Crippen molar-refractivity contribution in [3.05, 3.63) is 0 Å². The van der Waals surface area contributed by atoms with Crippen LogP contribution in [0, 0.1) is 5.92 Å². The molecule has 18 heteroatoms. The maximum atomic E-state index is 13.4. The summed E-state index contributed by atoms with van der Waals surface area (Å²) in [6.45, 7) is 5.21. The number of nitrogens with zero attached hydrogens (tertiary/aromatic N) is 1. The molecule has 1 heterocycles. The van der Waals surface area contributed by atoms with Gasteiger partial charge in [-0.2, -0.15) is 11.8 Å². The molecule has 1 aliphatic heterocycles. The van der Waals surface area contributed by atoms with Crippen LogP contribution in [0.5, 0.6) is 0 Å². The minimum Gasteiger partial charge on any atom is -0.481 e. The van der Waals surface area contributed by atoms with Gasteiger partial charge in [-0.25, -0.2) is 0 Å². The molecule has 6 atom stereocenters. The van der Waals surface area contributed by atoms with Crippen LogP contribution >= 0.6 is 11.8 Å². The lowest BCUT2D eigenvalue weighted by molar-refractivity contribution is -0.142. The third-order valence-corrected chi connectivity index (χ3v) is 7.57. The van der Waals surface area contributed by atoms with E-state index in [4.69, 9.17) is 16.6 Å². The van der Waals surface area contributed by atoms with E-state index < -0.39 is 96.5 Å². The summed E-state index contributed by atoms with van der Waals surface area (Å²) in [4.78, 5) is 100. The zero-order valence-corrected chi connectivity index (χ0v) is 26.7. The number of aliphatic carboxylic acids is 2. The van der Waals surface area contributed by atoms with E-state index in [1.54, 1.807) is 0 Å². The first-order valence-corrected chi connectivity index (χ1v) is 15.9. The SMILES string of the molecule is CSCC[C@H](NC(=O)[C@H](CC(C)C)NC(=O)[C@H](C)NC(=O)[C@H](CC(=O)O)NC(=O)[C@@H](N)CC(=O)O)C(=O)N1CCC[C@H]1C(N)=O. The van der Waals surface area contributed by atoms with E-state index in [2.05, 4.69) is 21.3 Å². The minimum atomic E-state index is -1.68. The number of carboxylic acids is 2. The van der Waals surface area contributed by atoms with Gasteiger partial charge in [0.05, 0.1) is 18.9 Å². The maximum Gasteiger partial charge on any atom is 0.305 e. The van der Waals surface area contributed by atoms with E-state index in [0.29, 0.717) is 25.1 Å². The van der Waals surface area contributed by atoms with Crippen molar-refractivity contribution in [2.24, 2.45) is 17.4 Å². The van der Waals surface area contributed by atoms with Gasteiger partial charge < -0.3 is 47.8 Å². The average molecular weight is 660 g/mol. The highest BCUT2D eigenvalue weighted by atomic mass is 32.2. The highest BCUT2D eigenvalue weighted by Crippen LogP contribution is 2.19. The third-order valence-electron chi connectivity index (χ3n) is 6.92. The normalized spacial score (nSPS) is 17.7. The van der Waals surface area contributed by atoms with Crippen molar-refractivity contribution >= 4 is 59.1 Å². The van der Waals surface area contributed by atoms with Gasteiger partial charge in [0.15, 0.2) is 0 Å². The van der Waals surface area contributed by atoms with Gasteiger partial charge in [0.25, 0.3) is 0 Å². The Balaban J connectivity index is 3.02. The first-order valence-electron chi connectivity index (χ1n) is 14.5. The molecule has 1 aliphatic rings. The second-order valence-corrected chi connectivity index (χ2v) is 12.2. The van der Waals surface area contributed by atoms with Crippen LogP contribution in [0.3, 0.4) is 0 Å². The molecule has 6 amide bonds. The van der Waals surface area contributed by atoms with E-state index in [1.807, 2.05) is 20.1 Å². The van der Waals surface area contributed by atoms with E-state index in [9.17, 15) is 43.5 Å². The molecule has 1 saturated heterocycles. The summed E-state index contributed by atoms with van der Waals surface area (Å²) < 4.78 is 0. The maximum absolute atomic E-state index is 13.4. The number of thioether (sulfide) groups is 1. The van der Waals surface area contributed by atoms with Crippen molar-refractivity contribution in [2.45, 2.75) is 95.5 Å². The number of carboxylic acid groups (broad SMARTS) is 2. The van der Waals surface area contributed by atoms with Crippen molar-refractivity contribution in [1.82, 2.24) is 26.2 Å². The fourth-order valence-corrected chi connectivity index (χ4v) is 5.09. The Morgan fingerprint density at radius 1 is 0.822 bits per heavy atom. The molecule has 254 valence electrons. The molecule has 45 heavy (non-hydrogen) atoms. The topological polar surface area (TPSA) is 280 Å². The van der Waals surface area contributed by atoms with Crippen molar-refractivity contribution < 1.29 is 48.6 Å². The smallest absolute Gasteiger partial charge is 0.305 e. The van der Waals surface area contributed by atoms with Crippen LogP contribution in [0.4, 0.5) is 0 Å². The lowest BCUT2D eigenvalue weighted by Gasteiger charge is -2.29. The third kappa shape index (κ3) is 13.3. The Hall–Kier alpha value is -3.93. The van der Waals surface area contributed by atoms with Gasteiger partial charge in [0, 0.05) is 6.54 Å². The molecule has 0 spiro atoms. The van der Waals surface area contributed by atoms with Crippen molar-refractivity contribution in [3.8, 4) is 0 Å². The van der Waals surface area contributed by atoms with Gasteiger partial charge in [-0.3, -0.25) is 38.4 Å². The van der Waals surface area contributed by atoms with Crippen molar-refractivity contribution in [1.29, 1.82) is 0 Å². The Labute approximate surface area is 265 Å². The van der Waals surface area contributed by atoms with Gasteiger partial charge >= 0.3 is 11.9 Å². The van der Waals surface area contributed by atoms with Crippen LogP contribution < -0.4 is 32.7 Å². The Morgan fingerprint density at radius 3 is 1.91 bits per heavy atom. The van der Waals surface area contributed by atoms with Crippen LogP contribution in [-0.2, 0) is 38.4 Å². The Morgan fingerprint density at radius 2 is 1.38 bits per heavy atom. The quantitative estimate of drug-likeness (QED) is 0.0714. The first-order chi connectivity index (χ1) is 21.0. The molecule has 0 radical (unpaired) electrons. The van der Waals surface area contributed by atoms with Gasteiger partial charge in [0.1, 0.15) is 30.2 Å². The largest absolute Gasteiger partial charge is 0.481 e. The fourth-order valence-electron chi connectivity index (χ4n) is 4.61. The number of amides is 6. The Kier molecular flexibility index (Phi) is 16.3. The van der Waals surface area contributed by atoms with E-state index in [-0.39, 0.29) is 18.8 Å². The number of likely N-dealkylation sites (tertiary alicyclic amines) is 1. The predicted molar refractivity (Wildman–Crippen MR) is 162 cm³/mol. The zero-order chi connectivity index (χ0) is 34.4. The summed E-state index contributed by atoms with van der Waals surface area (Å²) in [5.74, 6) is -7.11. The fraction of sp³-hybridized carbons (Fsp3) is 0.704. The molecule has 0 aromatic rings. The molecule has 17 nitrogen and oxygen atoms in total. The summed E-state index contributed by atoms with van der Waals surface area (Å²) >= 11 is 1.46. The standard InChI is InChI=1S/C27H45N7O10S/c1-13(2)10-17(26(43)31-16(7-9-45-4)27(44)34-8-5-6-19(34)22(29)39)32-23(40)14(3)30-25(42)18(12-21(37)38)33-24(41)15(28)11-20(35)36/h13-19H,5-12,28H2,1-4H3,(H2,29,39)(H,30,42)(H,31,43)(H,32,40)(H,33,41)(H,35,36)(H,37,38)/t14-,15-,16-,17-,18-,19-/m0/s1. The molecule has 10 N–H and O–H groups in total. The van der Waals surface area contributed by atoms with Crippen LogP contribution in [-0.4, -0.2) is 117 Å². The van der Waals surface area contributed by atoms with Crippen LogP contribution in [0.1, 0.15) is 59.3 Å². The molecule has 0 saturated carbocycles. The van der Waals surface area contributed by atoms with Gasteiger partial charge in [-0.15, -0.1) is 0 Å². The summed E-state index contributed by atoms with van der Waals surface area (Å²) in [6, 6.07) is -7.43. The second kappa shape index (κ2) is 18.8. The molecule has 1 rings (SSSR count). The summed E-state index contributed by atoms with van der Waals surface area (Å²) in [6.07, 6.45) is 1.61. The second-order valence-electron chi connectivity index (χ2n) is 11.2. The molecule has 0 unspecified atom stereocenters. The number of nitrogens with one attached hydrogen (secondary N) is 4. The highest BCUT2D eigenvalue weighted by Gasteiger charge is 2.38. The minimum absolute atomic E-state index is 0.0886. The number of carbonyl (C=O) groups is 8. The molecule has 0 bridgehead atoms. The lowest BCUT2D eigenvalue weighted by atomic mass is 10.0. The zero-order valence-electron chi connectivity index (χ0n) is 25.9. The summed E-state index contributed by atoms with van der Waals surface area (Å²) in [5, 5.41) is 27.6. The monoisotopic (exact) mass is 659 g/mol. The lowest BCUT2D eigenvalue weighted by Crippen LogP contribution is -2.59. The van der Waals surface area contributed by atoms with Crippen LogP contribution in [0.15, 0.2) is 0 Å². The molecular formula is C27H45N7O10S. The summed E-state index contributed by atoms with van der Waals surface area (Å²) in [5.41, 5.74) is 11.0. The van der Waals surface area contributed by atoms with Crippen LogP contribution in [0.25, 0.3) is 0 Å². The van der Waals surface area contributed by atoms with Gasteiger partial charge in [-0.05, 0) is 50.5 Å². The first kappa shape index (κ1) is 39.1. The van der Waals surface area contributed by atoms with Crippen LogP contribution in [0.2, 0.25) is 0 Å². The molecule has 1 fully saturated rings. The highest BCUT2D eigenvalue weighted by molar-refractivity contribution is 7.98. The predicted octanol–water partition coefficient (Wildman–Crippen LogP) is -2.50. The van der Waals surface area contributed by atoms with E-state index >= 15 is 0 Å². The molecular weight excluding hydrogens is 614 g/mol. The van der Waals surface area contributed by atoms with Crippen molar-refractivity contribution in [2.75, 3.05) is 18.6 Å². The number of hydrogen-bond donors (Lipinski definition) is 8. The molecule has 0 aromatic heterocycles. The number of primary amides is 1. The van der Waals surface area contributed by atoms with Crippen molar-refractivity contribution in [3.63, 3.8) is 0 Å². The Bertz CT molecular complexity index is 1120. The molecule has 0 aliphatic carbocycles. The van der Waals surface area contributed by atoms with Gasteiger partial charge in [-0.1, -0.05) is 13.8 Å². The van der Waals surface area contributed by atoms with E-state index in [1.165, 1.54) is 23.6 Å². The van der Waals surface area contributed by atoms with E-state index in [0.717, 1.165) is 0 Å². The summed E-state index contributed by atoms with van der Waals surface area (Å²) in [7, 11) is 0. The average Bonchev–Trinajstić information content (AvgIpc) is 3.43. The number of carbonyl (C=O) groups excluding carboxylic acids is 6. The molecule has 0 aromatic carbocycles. The number of rotatable bonds is 19.